The molecular formula is C34H25N5. The highest BCUT2D eigenvalue weighted by atomic mass is 15.3. The van der Waals surface area contributed by atoms with Gasteiger partial charge in [-0.15, -0.1) is 0 Å². The van der Waals surface area contributed by atoms with Gasteiger partial charge in [0, 0.05) is 39.8 Å². The van der Waals surface area contributed by atoms with E-state index >= 15 is 0 Å². The molecule has 0 spiro atoms. The Labute approximate surface area is 227 Å². The number of aromatic nitrogens is 2. The summed E-state index contributed by atoms with van der Waals surface area (Å²) < 4.78 is 0. The van der Waals surface area contributed by atoms with E-state index in [0.29, 0.717) is 0 Å². The third kappa shape index (κ3) is 4.26. The highest BCUT2D eigenvalue weighted by Crippen LogP contribution is 2.43. The van der Waals surface area contributed by atoms with Crippen LogP contribution in [0.3, 0.4) is 0 Å². The highest BCUT2D eigenvalue weighted by molar-refractivity contribution is 5.86. The Bertz CT molecular complexity index is 1460. The number of para-hydroxylation sites is 3. The summed E-state index contributed by atoms with van der Waals surface area (Å²) in [7, 11) is 0. The van der Waals surface area contributed by atoms with E-state index in [0.717, 1.165) is 51.4 Å². The highest BCUT2D eigenvalue weighted by Gasteiger charge is 2.22. The normalized spacial score (nSPS) is 12.5. The molecule has 0 atom stereocenters. The van der Waals surface area contributed by atoms with Crippen molar-refractivity contribution in [3.63, 3.8) is 0 Å². The number of nitrogens with zero attached hydrogens (tertiary/aromatic N) is 5. The molecule has 0 unspecified atom stereocenters. The summed E-state index contributed by atoms with van der Waals surface area (Å²) in [4.78, 5) is 16.5. The van der Waals surface area contributed by atoms with Gasteiger partial charge >= 0.3 is 0 Å². The van der Waals surface area contributed by atoms with Crippen LogP contribution in [0.15, 0.2) is 152 Å². The average molecular weight is 504 g/mol. The molecule has 1 aliphatic heterocycles. The van der Waals surface area contributed by atoms with Crippen LogP contribution in [0.25, 0.3) is 0 Å². The van der Waals surface area contributed by atoms with Crippen LogP contribution in [0.1, 0.15) is 0 Å². The number of anilines is 9. The monoisotopic (exact) mass is 503 g/mol. The Morgan fingerprint density at radius 2 is 0.667 bits per heavy atom. The van der Waals surface area contributed by atoms with E-state index in [1.54, 1.807) is 0 Å². The Hall–Kier alpha value is -5.42. The van der Waals surface area contributed by atoms with Crippen LogP contribution in [0.2, 0.25) is 0 Å². The average Bonchev–Trinajstić information content (AvgIpc) is 3.00. The number of benzene rings is 5. The van der Waals surface area contributed by atoms with Gasteiger partial charge in [0.15, 0.2) is 11.6 Å². The van der Waals surface area contributed by atoms with E-state index in [9.17, 15) is 0 Å². The van der Waals surface area contributed by atoms with Gasteiger partial charge in [-0.3, -0.25) is 14.8 Å². The largest absolute Gasteiger partial charge is 0.310 e. The van der Waals surface area contributed by atoms with Crippen molar-refractivity contribution in [2.75, 3.05) is 14.7 Å². The van der Waals surface area contributed by atoms with Gasteiger partial charge < -0.3 is 4.90 Å². The van der Waals surface area contributed by atoms with Crippen LogP contribution < -0.4 is 14.7 Å². The van der Waals surface area contributed by atoms with Crippen LogP contribution in [0.5, 0.6) is 0 Å². The Kier molecular flexibility index (Phi) is 5.72. The molecule has 7 rings (SSSR count). The second-order valence-corrected chi connectivity index (χ2v) is 9.29. The Morgan fingerprint density at radius 1 is 0.333 bits per heavy atom. The van der Waals surface area contributed by atoms with Gasteiger partial charge in [0.25, 0.3) is 0 Å². The minimum absolute atomic E-state index is 0.736. The lowest BCUT2D eigenvalue weighted by Crippen LogP contribution is -2.18. The van der Waals surface area contributed by atoms with Gasteiger partial charge in [-0.05, 0) is 72.8 Å². The molecule has 0 N–H and O–H groups in total. The van der Waals surface area contributed by atoms with Crippen LogP contribution in [0, 0.1) is 0 Å². The van der Waals surface area contributed by atoms with Gasteiger partial charge in [0.1, 0.15) is 0 Å². The standard InChI is InChI=1S/C34H25N5/c1-4-12-26(13-5-1)37-29-18-10-20-31(22-29)38(27-14-6-2-7-15-27)33-24-35-25-34(36-33)39(28-16-8-3-9-17-28)32-21-11-19-30(37)23-32/h1-25H. The van der Waals surface area contributed by atoms with Gasteiger partial charge in [0.2, 0.25) is 0 Å². The van der Waals surface area contributed by atoms with Crippen molar-refractivity contribution in [3.05, 3.63) is 152 Å². The zero-order valence-electron chi connectivity index (χ0n) is 21.2. The molecule has 0 saturated carbocycles. The van der Waals surface area contributed by atoms with Crippen LogP contribution in [-0.4, -0.2) is 9.97 Å². The van der Waals surface area contributed by atoms with Crippen LogP contribution >= 0.6 is 0 Å². The first-order valence-corrected chi connectivity index (χ1v) is 12.9. The third-order valence-electron chi connectivity index (χ3n) is 6.80. The van der Waals surface area contributed by atoms with Crippen LogP contribution in [-0.2, 0) is 0 Å². The zero-order chi connectivity index (χ0) is 26.0. The van der Waals surface area contributed by atoms with E-state index < -0.39 is 0 Å². The molecular weight excluding hydrogens is 478 g/mol. The van der Waals surface area contributed by atoms with E-state index in [4.69, 9.17) is 4.98 Å². The minimum Gasteiger partial charge on any atom is -0.310 e. The van der Waals surface area contributed by atoms with Crippen LogP contribution in [0.4, 0.5) is 51.4 Å². The second kappa shape index (κ2) is 9.80. The summed E-state index contributed by atoms with van der Waals surface area (Å²) in [6.07, 6.45) is 3.65. The number of rotatable bonds is 3. The van der Waals surface area contributed by atoms with Crippen molar-refractivity contribution in [3.8, 4) is 0 Å². The lowest BCUT2D eigenvalue weighted by atomic mass is 10.1. The molecule has 6 aromatic rings. The maximum atomic E-state index is 5.18. The van der Waals surface area contributed by atoms with E-state index in [-0.39, 0.29) is 0 Å². The fraction of sp³-hybridized carbons (Fsp3) is 0. The van der Waals surface area contributed by atoms with E-state index in [2.05, 4.69) is 117 Å². The first-order chi connectivity index (χ1) is 19.3. The molecule has 39 heavy (non-hydrogen) atoms. The Balaban J connectivity index is 1.55. The zero-order valence-corrected chi connectivity index (χ0v) is 21.2. The molecule has 186 valence electrons. The molecule has 5 aromatic carbocycles. The molecule has 2 heterocycles. The molecule has 0 aliphatic carbocycles. The summed E-state index contributed by atoms with van der Waals surface area (Å²) in [5.74, 6) is 1.47. The molecule has 5 nitrogen and oxygen atoms in total. The molecule has 0 amide bonds. The summed E-state index contributed by atoms with van der Waals surface area (Å²) in [5.41, 5.74) is 7.19. The summed E-state index contributed by atoms with van der Waals surface area (Å²) in [6, 6.07) is 48.2. The smallest absolute Gasteiger partial charge is 0.158 e. The summed E-state index contributed by atoms with van der Waals surface area (Å²) in [6.45, 7) is 0. The summed E-state index contributed by atoms with van der Waals surface area (Å²) >= 11 is 0. The molecule has 0 saturated heterocycles. The first kappa shape index (κ1) is 22.8. The molecule has 0 radical (unpaired) electrons. The fourth-order valence-corrected chi connectivity index (χ4v) is 5.11. The predicted molar refractivity (Wildman–Crippen MR) is 160 cm³/mol. The van der Waals surface area contributed by atoms with Crippen molar-refractivity contribution in [1.82, 2.24) is 9.97 Å². The molecule has 1 aromatic heterocycles. The Morgan fingerprint density at radius 3 is 1.08 bits per heavy atom. The SMILES string of the molecule is c1ccc(N2c3cccc(c3)N(c3ccccc3)c3cncc(n3)N(c3ccccc3)c3cccc2c3)cc1. The quantitative estimate of drug-likeness (QED) is 0.240. The molecule has 1 aliphatic rings. The maximum Gasteiger partial charge on any atom is 0.158 e. The van der Waals surface area contributed by atoms with E-state index in [1.165, 1.54) is 0 Å². The molecule has 6 bridgehead atoms. The fourth-order valence-electron chi connectivity index (χ4n) is 5.11. The van der Waals surface area contributed by atoms with Gasteiger partial charge in [-0.2, -0.15) is 0 Å². The second-order valence-electron chi connectivity index (χ2n) is 9.29. The number of fused-ring (bicyclic) bond motifs is 6. The predicted octanol–water partition coefficient (Wildman–Crippen LogP) is 9.20. The lowest BCUT2D eigenvalue weighted by molar-refractivity contribution is 1.08. The van der Waals surface area contributed by atoms with Crippen molar-refractivity contribution >= 4 is 51.4 Å². The minimum atomic E-state index is 0.736. The van der Waals surface area contributed by atoms with Gasteiger partial charge in [-0.25, -0.2) is 4.98 Å². The van der Waals surface area contributed by atoms with Gasteiger partial charge in [0.05, 0.1) is 12.4 Å². The first-order valence-electron chi connectivity index (χ1n) is 12.9. The van der Waals surface area contributed by atoms with Crippen molar-refractivity contribution < 1.29 is 0 Å². The number of hydrogen-bond acceptors (Lipinski definition) is 5. The van der Waals surface area contributed by atoms with Gasteiger partial charge in [-0.1, -0.05) is 66.7 Å². The van der Waals surface area contributed by atoms with Crippen molar-refractivity contribution in [2.24, 2.45) is 0 Å². The van der Waals surface area contributed by atoms with E-state index in [1.807, 2.05) is 54.9 Å². The molecule has 5 heteroatoms. The third-order valence-corrected chi connectivity index (χ3v) is 6.80. The molecule has 0 fully saturated rings. The maximum absolute atomic E-state index is 5.18. The topological polar surface area (TPSA) is 35.5 Å². The summed E-state index contributed by atoms with van der Waals surface area (Å²) in [5, 5.41) is 0. The van der Waals surface area contributed by atoms with Crippen molar-refractivity contribution in [1.29, 1.82) is 0 Å². The number of hydrogen-bond donors (Lipinski definition) is 0. The lowest BCUT2D eigenvalue weighted by Gasteiger charge is -2.32. The van der Waals surface area contributed by atoms with Crippen molar-refractivity contribution in [2.45, 2.75) is 0 Å².